The van der Waals surface area contributed by atoms with Crippen LogP contribution in [0.2, 0.25) is 0 Å². The van der Waals surface area contributed by atoms with Crippen LogP contribution in [0.25, 0.3) is 0 Å². The van der Waals surface area contributed by atoms with Gasteiger partial charge in [-0.25, -0.2) is 15.0 Å². The summed E-state index contributed by atoms with van der Waals surface area (Å²) in [6.45, 7) is 0. The minimum absolute atomic E-state index is 0.229. The molecule has 7 heteroatoms. The Labute approximate surface area is 131 Å². The fourth-order valence-corrected chi connectivity index (χ4v) is 2.30. The Kier molecular flexibility index (Phi) is 4.35. The fraction of sp³-hybridized carbons (Fsp3) is 0. The van der Waals surface area contributed by atoms with Crippen LogP contribution in [0.15, 0.2) is 71.5 Å². The van der Waals surface area contributed by atoms with Gasteiger partial charge in [-0.15, -0.1) is 0 Å². The van der Waals surface area contributed by atoms with E-state index in [-0.39, 0.29) is 5.91 Å². The van der Waals surface area contributed by atoms with Gasteiger partial charge < -0.3 is 5.32 Å². The predicted molar refractivity (Wildman–Crippen MR) is 82.6 cm³/mol. The molecule has 1 N–H and O–H groups in total. The molecule has 0 atom stereocenters. The van der Waals surface area contributed by atoms with Crippen molar-refractivity contribution in [3.05, 3.63) is 66.9 Å². The molecule has 0 bridgehead atoms. The number of hydrogen-bond donors (Lipinski definition) is 1. The van der Waals surface area contributed by atoms with Gasteiger partial charge in [0.1, 0.15) is 5.03 Å². The first-order valence-corrected chi connectivity index (χ1v) is 7.25. The van der Waals surface area contributed by atoms with E-state index in [2.05, 4.69) is 25.3 Å². The summed E-state index contributed by atoms with van der Waals surface area (Å²) in [6, 6.07) is 8.76. The van der Waals surface area contributed by atoms with E-state index in [4.69, 9.17) is 0 Å². The maximum absolute atomic E-state index is 12.1. The number of rotatable bonds is 4. The van der Waals surface area contributed by atoms with Crippen LogP contribution in [0.4, 0.5) is 5.69 Å². The molecule has 0 saturated carbocycles. The Morgan fingerprint density at radius 2 is 1.82 bits per heavy atom. The molecule has 0 fully saturated rings. The topological polar surface area (TPSA) is 80.7 Å². The normalized spacial score (nSPS) is 10.2. The third-order valence-electron chi connectivity index (χ3n) is 2.66. The van der Waals surface area contributed by atoms with Crippen molar-refractivity contribution < 1.29 is 4.79 Å². The molecule has 22 heavy (non-hydrogen) atoms. The van der Waals surface area contributed by atoms with Gasteiger partial charge in [0.2, 0.25) is 0 Å². The van der Waals surface area contributed by atoms with E-state index in [1.54, 1.807) is 55.1 Å². The SMILES string of the molecule is O=C(Nc1cccnc1)c1ccc(Sc2ncccn2)nc1. The summed E-state index contributed by atoms with van der Waals surface area (Å²) in [7, 11) is 0. The van der Waals surface area contributed by atoms with Gasteiger partial charge in [-0.1, -0.05) is 0 Å². The first-order valence-electron chi connectivity index (χ1n) is 6.43. The molecule has 108 valence electrons. The lowest BCUT2D eigenvalue weighted by molar-refractivity contribution is 0.102. The largest absolute Gasteiger partial charge is 0.321 e. The summed E-state index contributed by atoms with van der Waals surface area (Å²) in [5, 5.41) is 4.09. The van der Waals surface area contributed by atoms with E-state index in [9.17, 15) is 4.79 Å². The van der Waals surface area contributed by atoms with Crippen LogP contribution in [0.1, 0.15) is 10.4 Å². The average molecular weight is 309 g/mol. The first-order chi connectivity index (χ1) is 10.8. The Morgan fingerprint density at radius 3 is 2.50 bits per heavy atom. The second-order valence-electron chi connectivity index (χ2n) is 4.21. The van der Waals surface area contributed by atoms with Crippen LogP contribution in [0.5, 0.6) is 0 Å². The Hall–Kier alpha value is -2.80. The molecule has 0 unspecified atom stereocenters. The number of carbonyl (C=O) groups is 1. The molecule has 1 amide bonds. The maximum Gasteiger partial charge on any atom is 0.257 e. The van der Waals surface area contributed by atoms with Crippen LogP contribution in [0.3, 0.4) is 0 Å². The van der Waals surface area contributed by atoms with Crippen LogP contribution in [-0.4, -0.2) is 25.8 Å². The first kappa shape index (κ1) is 14.2. The molecule has 6 nitrogen and oxygen atoms in total. The zero-order valence-corrected chi connectivity index (χ0v) is 12.2. The monoisotopic (exact) mass is 309 g/mol. The second-order valence-corrected chi connectivity index (χ2v) is 5.20. The van der Waals surface area contributed by atoms with E-state index in [0.717, 1.165) is 5.03 Å². The van der Waals surface area contributed by atoms with E-state index in [0.29, 0.717) is 16.4 Å². The van der Waals surface area contributed by atoms with Crippen molar-refractivity contribution in [3.8, 4) is 0 Å². The van der Waals surface area contributed by atoms with Gasteiger partial charge in [0.05, 0.1) is 17.4 Å². The molecule has 0 aliphatic rings. The van der Waals surface area contributed by atoms with Crippen LogP contribution in [-0.2, 0) is 0 Å². The van der Waals surface area contributed by atoms with Gasteiger partial charge in [-0.05, 0) is 42.1 Å². The lowest BCUT2D eigenvalue weighted by Crippen LogP contribution is -2.12. The van der Waals surface area contributed by atoms with Gasteiger partial charge in [0.15, 0.2) is 5.16 Å². The third-order valence-corrected chi connectivity index (χ3v) is 3.50. The van der Waals surface area contributed by atoms with Crippen molar-refractivity contribution >= 4 is 23.4 Å². The summed E-state index contributed by atoms with van der Waals surface area (Å²) in [5.74, 6) is -0.229. The number of hydrogen-bond acceptors (Lipinski definition) is 6. The van der Waals surface area contributed by atoms with Crippen molar-refractivity contribution in [2.75, 3.05) is 5.32 Å². The summed E-state index contributed by atoms with van der Waals surface area (Å²) in [5.41, 5.74) is 1.12. The molecular formula is C15H11N5OS. The highest BCUT2D eigenvalue weighted by atomic mass is 32.2. The Bertz CT molecular complexity index is 750. The van der Waals surface area contributed by atoms with Crippen molar-refractivity contribution in [3.63, 3.8) is 0 Å². The number of nitrogens with one attached hydrogen (secondary N) is 1. The van der Waals surface area contributed by atoms with Crippen molar-refractivity contribution in [2.45, 2.75) is 10.2 Å². The summed E-state index contributed by atoms with van der Waals surface area (Å²) < 4.78 is 0. The van der Waals surface area contributed by atoms with E-state index in [1.165, 1.54) is 18.0 Å². The molecule has 3 rings (SSSR count). The van der Waals surface area contributed by atoms with Gasteiger partial charge in [0.25, 0.3) is 5.91 Å². The highest BCUT2D eigenvalue weighted by Gasteiger charge is 2.08. The minimum atomic E-state index is -0.229. The zero-order chi connectivity index (χ0) is 15.2. The van der Waals surface area contributed by atoms with Crippen molar-refractivity contribution in [2.24, 2.45) is 0 Å². The molecule has 0 saturated heterocycles. The van der Waals surface area contributed by atoms with Gasteiger partial charge >= 0.3 is 0 Å². The average Bonchev–Trinajstić information content (AvgIpc) is 2.57. The number of amides is 1. The number of carbonyl (C=O) groups excluding carboxylic acids is 1. The third kappa shape index (κ3) is 3.64. The lowest BCUT2D eigenvalue weighted by Gasteiger charge is -2.05. The number of nitrogens with zero attached hydrogens (tertiary/aromatic N) is 4. The molecular weight excluding hydrogens is 298 g/mol. The molecule has 0 aromatic carbocycles. The highest BCUT2D eigenvalue weighted by Crippen LogP contribution is 2.21. The van der Waals surface area contributed by atoms with E-state index >= 15 is 0 Å². The number of aromatic nitrogens is 4. The van der Waals surface area contributed by atoms with Crippen LogP contribution >= 0.6 is 11.8 Å². The van der Waals surface area contributed by atoms with Gasteiger partial charge in [0, 0.05) is 24.8 Å². The molecule has 3 aromatic rings. The molecule has 0 aliphatic carbocycles. The second kappa shape index (κ2) is 6.77. The quantitative estimate of drug-likeness (QED) is 0.746. The Morgan fingerprint density at radius 1 is 0.955 bits per heavy atom. The van der Waals surface area contributed by atoms with Crippen molar-refractivity contribution in [1.29, 1.82) is 0 Å². The maximum atomic E-state index is 12.1. The molecule has 0 aliphatic heterocycles. The number of pyridine rings is 2. The molecule has 0 radical (unpaired) electrons. The zero-order valence-electron chi connectivity index (χ0n) is 11.4. The minimum Gasteiger partial charge on any atom is -0.321 e. The molecule has 0 spiro atoms. The van der Waals surface area contributed by atoms with Crippen LogP contribution < -0.4 is 5.32 Å². The summed E-state index contributed by atoms with van der Waals surface area (Å²) in [6.07, 6.45) is 8.10. The van der Waals surface area contributed by atoms with Crippen molar-refractivity contribution in [1.82, 2.24) is 19.9 Å². The van der Waals surface area contributed by atoms with E-state index in [1.807, 2.05) is 0 Å². The molecule has 3 heterocycles. The Balaban J connectivity index is 1.67. The smallest absolute Gasteiger partial charge is 0.257 e. The van der Waals surface area contributed by atoms with Gasteiger partial charge in [-0.3, -0.25) is 9.78 Å². The van der Waals surface area contributed by atoms with Crippen LogP contribution in [0, 0.1) is 0 Å². The van der Waals surface area contributed by atoms with E-state index < -0.39 is 0 Å². The highest BCUT2D eigenvalue weighted by molar-refractivity contribution is 7.99. The summed E-state index contributed by atoms with van der Waals surface area (Å²) >= 11 is 1.34. The number of anilines is 1. The lowest BCUT2D eigenvalue weighted by atomic mass is 10.2. The van der Waals surface area contributed by atoms with Gasteiger partial charge in [-0.2, -0.15) is 0 Å². The fourth-order valence-electron chi connectivity index (χ4n) is 1.65. The summed E-state index contributed by atoms with van der Waals surface area (Å²) in [4.78, 5) is 28.5. The standard InChI is InChI=1S/C15H11N5OS/c21-14(20-12-3-1-6-16-10-12)11-4-5-13(19-9-11)22-15-17-7-2-8-18-15/h1-10H,(H,20,21). The predicted octanol–water partition coefficient (Wildman–Crippen LogP) is 2.67. The molecule has 3 aromatic heterocycles.